The molecule has 0 aromatic rings. The SMILES string of the molecule is C[C@@H]1CN(C[C@H](O)CN2C(=O)[C@@H]3CCCN3C2=O)C[C@@H](C)O1. The summed E-state index contributed by atoms with van der Waals surface area (Å²) in [4.78, 5) is 29.5. The van der Waals surface area contributed by atoms with Crippen molar-refractivity contribution in [2.45, 2.75) is 51.0 Å². The summed E-state index contributed by atoms with van der Waals surface area (Å²) in [5.41, 5.74) is 0. The summed E-state index contributed by atoms with van der Waals surface area (Å²) >= 11 is 0. The standard InChI is InChI=1S/C15H25N3O4/c1-10-6-16(7-11(2)22-10)8-12(19)9-18-14(20)13-4-3-5-17(13)15(18)21/h10-13,19H,3-9H2,1-2H3/t10-,11-,12+,13+/m1/s1. The fourth-order valence-electron chi connectivity index (χ4n) is 3.85. The molecule has 3 fully saturated rings. The van der Waals surface area contributed by atoms with Gasteiger partial charge in [-0.3, -0.25) is 14.6 Å². The predicted octanol–water partition coefficient (Wildman–Crippen LogP) is -0.117. The molecule has 0 bridgehead atoms. The zero-order valence-corrected chi connectivity index (χ0v) is 13.3. The van der Waals surface area contributed by atoms with Gasteiger partial charge in [-0.1, -0.05) is 0 Å². The van der Waals surface area contributed by atoms with Gasteiger partial charge < -0.3 is 14.7 Å². The van der Waals surface area contributed by atoms with E-state index in [1.807, 2.05) is 13.8 Å². The Bertz CT molecular complexity index is 426. The number of aliphatic hydroxyl groups excluding tert-OH is 1. The zero-order chi connectivity index (χ0) is 15.9. The van der Waals surface area contributed by atoms with E-state index < -0.39 is 6.10 Å². The Labute approximate surface area is 130 Å². The van der Waals surface area contributed by atoms with Crippen LogP contribution in [0.1, 0.15) is 26.7 Å². The minimum absolute atomic E-state index is 0.0881. The van der Waals surface area contributed by atoms with Gasteiger partial charge >= 0.3 is 6.03 Å². The monoisotopic (exact) mass is 311 g/mol. The van der Waals surface area contributed by atoms with E-state index in [1.54, 1.807) is 4.90 Å². The average Bonchev–Trinajstić information content (AvgIpc) is 2.98. The number of morpholine rings is 1. The highest BCUT2D eigenvalue weighted by Gasteiger charge is 2.47. The highest BCUT2D eigenvalue weighted by atomic mass is 16.5. The number of carbonyl (C=O) groups is 2. The molecule has 3 rings (SSSR count). The van der Waals surface area contributed by atoms with Crippen LogP contribution in [0.25, 0.3) is 0 Å². The number of imide groups is 1. The second-order valence-corrected chi connectivity index (χ2v) is 6.71. The number of ether oxygens (including phenoxy) is 1. The Balaban J connectivity index is 1.54. The molecule has 124 valence electrons. The molecule has 0 spiro atoms. The van der Waals surface area contributed by atoms with E-state index in [1.165, 1.54) is 4.90 Å². The van der Waals surface area contributed by atoms with Crippen LogP contribution < -0.4 is 0 Å². The van der Waals surface area contributed by atoms with E-state index in [9.17, 15) is 14.7 Å². The Morgan fingerprint density at radius 3 is 2.55 bits per heavy atom. The van der Waals surface area contributed by atoms with Gasteiger partial charge in [0.05, 0.1) is 24.9 Å². The molecule has 1 N–H and O–H groups in total. The Hall–Kier alpha value is -1.18. The minimum Gasteiger partial charge on any atom is -0.390 e. The van der Waals surface area contributed by atoms with E-state index in [-0.39, 0.29) is 36.7 Å². The van der Waals surface area contributed by atoms with Gasteiger partial charge in [-0.25, -0.2) is 4.79 Å². The Morgan fingerprint density at radius 2 is 1.91 bits per heavy atom. The summed E-state index contributed by atoms with van der Waals surface area (Å²) in [7, 11) is 0. The van der Waals surface area contributed by atoms with Gasteiger partial charge in [0.2, 0.25) is 0 Å². The van der Waals surface area contributed by atoms with Crippen LogP contribution >= 0.6 is 0 Å². The fourth-order valence-corrected chi connectivity index (χ4v) is 3.85. The van der Waals surface area contributed by atoms with Crippen LogP contribution in [0.15, 0.2) is 0 Å². The number of nitrogens with zero attached hydrogens (tertiary/aromatic N) is 3. The van der Waals surface area contributed by atoms with E-state index in [2.05, 4.69) is 4.90 Å². The number of fused-ring (bicyclic) bond motifs is 1. The van der Waals surface area contributed by atoms with E-state index >= 15 is 0 Å². The molecule has 3 saturated heterocycles. The smallest absolute Gasteiger partial charge is 0.327 e. The normalized spacial score (nSPS) is 34.4. The van der Waals surface area contributed by atoms with Crippen molar-refractivity contribution in [1.82, 2.24) is 14.7 Å². The lowest BCUT2D eigenvalue weighted by Crippen LogP contribution is -2.50. The number of carbonyl (C=O) groups excluding carboxylic acids is 2. The molecule has 0 aromatic carbocycles. The first-order valence-electron chi connectivity index (χ1n) is 8.13. The lowest BCUT2D eigenvalue weighted by Gasteiger charge is -2.36. The third kappa shape index (κ3) is 2.98. The van der Waals surface area contributed by atoms with Crippen LogP contribution in [-0.4, -0.2) is 88.8 Å². The van der Waals surface area contributed by atoms with E-state index in [4.69, 9.17) is 4.74 Å². The summed E-state index contributed by atoms with van der Waals surface area (Å²) in [6.07, 6.45) is 1.19. The summed E-state index contributed by atoms with van der Waals surface area (Å²) in [5, 5.41) is 10.3. The van der Waals surface area contributed by atoms with Gasteiger partial charge in [-0.05, 0) is 26.7 Å². The zero-order valence-electron chi connectivity index (χ0n) is 13.3. The lowest BCUT2D eigenvalue weighted by atomic mass is 10.2. The van der Waals surface area contributed by atoms with Crippen molar-refractivity contribution in [3.05, 3.63) is 0 Å². The molecule has 22 heavy (non-hydrogen) atoms. The molecule has 3 amide bonds. The first-order chi connectivity index (χ1) is 10.5. The van der Waals surface area contributed by atoms with Crippen molar-refractivity contribution < 1.29 is 19.4 Å². The molecule has 0 saturated carbocycles. The highest BCUT2D eigenvalue weighted by Crippen LogP contribution is 2.27. The molecular formula is C15H25N3O4. The van der Waals surface area contributed by atoms with Gasteiger partial charge in [0.15, 0.2) is 0 Å². The van der Waals surface area contributed by atoms with Crippen LogP contribution in [0.3, 0.4) is 0 Å². The molecule has 4 atom stereocenters. The van der Waals surface area contributed by atoms with Gasteiger partial charge in [-0.15, -0.1) is 0 Å². The number of hydrogen-bond donors (Lipinski definition) is 1. The van der Waals surface area contributed by atoms with Crippen LogP contribution in [0, 0.1) is 0 Å². The number of urea groups is 1. The summed E-state index contributed by atoms with van der Waals surface area (Å²) in [6, 6.07) is -0.529. The predicted molar refractivity (Wildman–Crippen MR) is 79.3 cm³/mol. The van der Waals surface area contributed by atoms with Gasteiger partial charge in [-0.2, -0.15) is 0 Å². The first-order valence-corrected chi connectivity index (χ1v) is 8.13. The number of hydrogen-bond acceptors (Lipinski definition) is 5. The minimum atomic E-state index is -0.717. The summed E-state index contributed by atoms with van der Waals surface area (Å²) < 4.78 is 5.67. The van der Waals surface area contributed by atoms with Crippen molar-refractivity contribution in [1.29, 1.82) is 0 Å². The van der Waals surface area contributed by atoms with Crippen molar-refractivity contribution in [3.8, 4) is 0 Å². The second-order valence-electron chi connectivity index (χ2n) is 6.71. The summed E-state index contributed by atoms with van der Waals surface area (Å²) in [6.45, 7) is 6.75. The van der Waals surface area contributed by atoms with Crippen molar-refractivity contribution >= 4 is 11.9 Å². The lowest BCUT2D eigenvalue weighted by molar-refractivity contribution is -0.129. The maximum absolute atomic E-state index is 12.2. The van der Waals surface area contributed by atoms with Crippen molar-refractivity contribution in [2.75, 3.05) is 32.7 Å². The Kier molecular flexibility index (Phi) is 4.38. The van der Waals surface area contributed by atoms with Crippen LogP contribution in [0.4, 0.5) is 4.79 Å². The fraction of sp³-hybridized carbons (Fsp3) is 0.867. The van der Waals surface area contributed by atoms with Crippen molar-refractivity contribution in [3.63, 3.8) is 0 Å². The molecular weight excluding hydrogens is 286 g/mol. The summed E-state index contributed by atoms with van der Waals surface area (Å²) in [5.74, 6) is -0.148. The Morgan fingerprint density at radius 1 is 1.23 bits per heavy atom. The number of amides is 3. The molecule has 0 radical (unpaired) electrons. The second kappa shape index (κ2) is 6.14. The molecule has 0 aromatic heterocycles. The molecule has 3 aliphatic rings. The van der Waals surface area contributed by atoms with Crippen LogP contribution in [-0.2, 0) is 9.53 Å². The third-order valence-electron chi connectivity index (χ3n) is 4.64. The molecule has 0 aliphatic carbocycles. The van der Waals surface area contributed by atoms with Crippen LogP contribution in [0.5, 0.6) is 0 Å². The maximum Gasteiger partial charge on any atom is 0.327 e. The van der Waals surface area contributed by atoms with E-state index in [0.717, 1.165) is 25.9 Å². The largest absolute Gasteiger partial charge is 0.390 e. The van der Waals surface area contributed by atoms with E-state index in [0.29, 0.717) is 13.1 Å². The molecule has 0 unspecified atom stereocenters. The highest BCUT2D eigenvalue weighted by molar-refractivity contribution is 6.04. The van der Waals surface area contributed by atoms with Gasteiger partial charge in [0.25, 0.3) is 5.91 Å². The number of aliphatic hydroxyl groups is 1. The van der Waals surface area contributed by atoms with Gasteiger partial charge in [0.1, 0.15) is 6.04 Å². The molecule has 3 aliphatic heterocycles. The topological polar surface area (TPSA) is 73.3 Å². The number of rotatable bonds is 4. The molecule has 7 nitrogen and oxygen atoms in total. The third-order valence-corrected chi connectivity index (χ3v) is 4.64. The van der Waals surface area contributed by atoms with Crippen molar-refractivity contribution in [2.24, 2.45) is 0 Å². The van der Waals surface area contributed by atoms with Crippen LogP contribution in [0.2, 0.25) is 0 Å². The molecule has 3 heterocycles. The average molecular weight is 311 g/mol. The van der Waals surface area contributed by atoms with Gasteiger partial charge in [0, 0.05) is 26.2 Å². The maximum atomic E-state index is 12.2. The first kappa shape index (κ1) is 15.7. The quantitative estimate of drug-likeness (QED) is 0.733. The number of β-amino-alcohol motifs (C(OH)–C–C–N with tert-alkyl or cyclic N) is 1. The molecule has 7 heteroatoms.